The van der Waals surface area contributed by atoms with E-state index in [9.17, 15) is 18.8 Å². The number of amides is 4. The summed E-state index contributed by atoms with van der Waals surface area (Å²) in [5.41, 5.74) is 1.01. The molecule has 0 saturated carbocycles. The molecule has 1 aromatic rings. The number of rotatable bonds is 5. The van der Waals surface area contributed by atoms with E-state index in [1.54, 1.807) is 6.92 Å². The van der Waals surface area contributed by atoms with E-state index in [0.717, 1.165) is 4.90 Å². The molecule has 124 valence electrons. The van der Waals surface area contributed by atoms with Crippen LogP contribution in [0.25, 0.3) is 0 Å². The Labute approximate surface area is 134 Å². The molecule has 1 aliphatic rings. The molecule has 0 aliphatic carbocycles. The monoisotopic (exact) mass is 321 g/mol. The van der Waals surface area contributed by atoms with Crippen molar-refractivity contribution in [2.45, 2.75) is 33.2 Å². The Hall–Kier alpha value is -2.44. The third-order valence-electron chi connectivity index (χ3n) is 3.59. The van der Waals surface area contributed by atoms with Gasteiger partial charge in [0.25, 0.3) is 5.91 Å². The number of imide groups is 1. The number of hydrogen-bond donors (Lipinski definition) is 2. The second-order valence-corrected chi connectivity index (χ2v) is 6.06. The first-order valence-corrected chi connectivity index (χ1v) is 7.45. The van der Waals surface area contributed by atoms with E-state index in [4.69, 9.17) is 0 Å². The molecule has 1 aromatic carbocycles. The van der Waals surface area contributed by atoms with Crippen LogP contribution in [0.2, 0.25) is 0 Å². The maximum Gasteiger partial charge on any atom is 0.325 e. The van der Waals surface area contributed by atoms with Gasteiger partial charge in [-0.15, -0.1) is 0 Å². The SMILES string of the molecule is Cc1ccc(F)cc1NC(=O)CN1C(=O)NC(CC(C)C)C1=O. The summed E-state index contributed by atoms with van der Waals surface area (Å²) in [6.07, 6.45) is 0.520. The normalized spacial score (nSPS) is 17.6. The molecule has 0 bridgehead atoms. The highest BCUT2D eigenvalue weighted by Crippen LogP contribution is 2.17. The fourth-order valence-corrected chi connectivity index (χ4v) is 2.42. The number of carbonyl (C=O) groups is 3. The third-order valence-corrected chi connectivity index (χ3v) is 3.59. The Morgan fingerprint density at radius 1 is 1.39 bits per heavy atom. The number of halogens is 1. The summed E-state index contributed by atoms with van der Waals surface area (Å²) in [5.74, 6) is -1.19. The summed E-state index contributed by atoms with van der Waals surface area (Å²) in [7, 11) is 0. The highest BCUT2D eigenvalue weighted by molar-refractivity contribution is 6.07. The van der Waals surface area contributed by atoms with E-state index < -0.39 is 36.2 Å². The van der Waals surface area contributed by atoms with Crippen molar-refractivity contribution in [2.75, 3.05) is 11.9 Å². The molecule has 6 nitrogen and oxygen atoms in total. The first-order chi connectivity index (χ1) is 10.8. The summed E-state index contributed by atoms with van der Waals surface area (Å²) in [6.45, 7) is 5.22. The lowest BCUT2D eigenvalue weighted by Crippen LogP contribution is -2.38. The first kappa shape index (κ1) is 16.9. The van der Waals surface area contributed by atoms with Gasteiger partial charge in [-0.05, 0) is 37.0 Å². The van der Waals surface area contributed by atoms with Crippen molar-refractivity contribution in [1.29, 1.82) is 0 Å². The highest BCUT2D eigenvalue weighted by Gasteiger charge is 2.38. The predicted molar refractivity (Wildman–Crippen MR) is 83.3 cm³/mol. The van der Waals surface area contributed by atoms with E-state index in [2.05, 4.69) is 10.6 Å². The zero-order valence-electron chi connectivity index (χ0n) is 13.4. The molecule has 4 amide bonds. The number of aryl methyl sites for hydroxylation is 1. The highest BCUT2D eigenvalue weighted by atomic mass is 19.1. The summed E-state index contributed by atoms with van der Waals surface area (Å²) < 4.78 is 13.2. The molecule has 1 unspecified atom stereocenters. The van der Waals surface area contributed by atoms with Crippen molar-refractivity contribution in [3.63, 3.8) is 0 Å². The van der Waals surface area contributed by atoms with Crippen LogP contribution in [0.4, 0.5) is 14.9 Å². The van der Waals surface area contributed by atoms with Gasteiger partial charge in [0.2, 0.25) is 5.91 Å². The molecular formula is C16H20FN3O3. The fraction of sp³-hybridized carbons (Fsp3) is 0.438. The van der Waals surface area contributed by atoms with E-state index in [0.29, 0.717) is 17.7 Å². The summed E-state index contributed by atoms with van der Waals surface area (Å²) in [6, 6.07) is 2.86. The van der Waals surface area contributed by atoms with Crippen molar-refractivity contribution in [1.82, 2.24) is 10.2 Å². The Morgan fingerprint density at radius 2 is 2.09 bits per heavy atom. The van der Waals surface area contributed by atoms with Gasteiger partial charge < -0.3 is 10.6 Å². The first-order valence-electron chi connectivity index (χ1n) is 7.45. The van der Waals surface area contributed by atoms with Gasteiger partial charge in [0.15, 0.2) is 0 Å². The predicted octanol–water partition coefficient (Wildman–Crippen LogP) is 2.04. The van der Waals surface area contributed by atoms with Crippen molar-refractivity contribution < 1.29 is 18.8 Å². The van der Waals surface area contributed by atoms with Gasteiger partial charge >= 0.3 is 6.03 Å². The van der Waals surface area contributed by atoms with Crippen LogP contribution >= 0.6 is 0 Å². The van der Waals surface area contributed by atoms with Gasteiger partial charge in [0.05, 0.1) is 0 Å². The van der Waals surface area contributed by atoms with E-state index in [1.807, 2.05) is 13.8 Å². The summed E-state index contributed by atoms with van der Waals surface area (Å²) in [5, 5.41) is 5.09. The summed E-state index contributed by atoms with van der Waals surface area (Å²) >= 11 is 0. The van der Waals surface area contributed by atoms with E-state index in [-0.39, 0.29) is 5.92 Å². The van der Waals surface area contributed by atoms with E-state index >= 15 is 0 Å². The smallest absolute Gasteiger partial charge is 0.325 e. The van der Waals surface area contributed by atoms with Crippen LogP contribution in [-0.2, 0) is 9.59 Å². The van der Waals surface area contributed by atoms with Gasteiger partial charge in [0, 0.05) is 5.69 Å². The molecular weight excluding hydrogens is 301 g/mol. The number of hydrogen-bond acceptors (Lipinski definition) is 3. The maximum absolute atomic E-state index is 13.2. The third kappa shape index (κ3) is 4.06. The molecule has 1 saturated heterocycles. The van der Waals surface area contributed by atoms with Crippen molar-refractivity contribution in [3.05, 3.63) is 29.6 Å². The quantitative estimate of drug-likeness (QED) is 0.815. The largest absolute Gasteiger partial charge is 0.326 e. The minimum atomic E-state index is -0.591. The lowest BCUT2D eigenvalue weighted by Gasteiger charge is -2.14. The van der Waals surface area contributed by atoms with Gasteiger partial charge in [-0.25, -0.2) is 9.18 Å². The molecule has 0 aromatic heterocycles. The lowest BCUT2D eigenvalue weighted by molar-refractivity contribution is -0.131. The van der Waals surface area contributed by atoms with Crippen LogP contribution in [-0.4, -0.2) is 35.3 Å². The lowest BCUT2D eigenvalue weighted by atomic mass is 10.0. The Bertz CT molecular complexity index is 645. The van der Waals surface area contributed by atoms with Crippen LogP contribution in [0.15, 0.2) is 18.2 Å². The molecule has 1 heterocycles. The number of nitrogens with zero attached hydrogens (tertiary/aromatic N) is 1. The standard InChI is InChI=1S/C16H20FN3O3/c1-9(2)6-13-15(22)20(16(23)19-13)8-14(21)18-12-7-11(17)5-4-10(12)3/h4-5,7,9,13H,6,8H2,1-3H3,(H,18,21)(H,19,23). The van der Waals surface area contributed by atoms with Crippen molar-refractivity contribution in [2.24, 2.45) is 5.92 Å². The van der Waals surface area contributed by atoms with Crippen molar-refractivity contribution in [3.8, 4) is 0 Å². The molecule has 2 N–H and O–H groups in total. The Kier molecular flexibility index (Phi) is 4.98. The Morgan fingerprint density at radius 3 is 2.74 bits per heavy atom. The van der Waals surface area contributed by atoms with Crippen LogP contribution in [0.1, 0.15) is 25.8 Å². The van der Waals surface area contributed by atoms with Gasteiger partial charge in [-0.1, -0.05) is 19.9 Å². The number of nitrogens with one attached hydrogen (secondary N) is 2. The molecule has 1 atom stereocenters. The van der Waals surface area contributed by atoms with Crippen LogP contribution < -0.4 is 10.6 Å². The minimum Gasteiger partial charge on any atom is -0.326 e. The second kappa shape index (κ2) is 6.76. The average molecular weight is 321 g/mol. The fourth-order valence-electron chi connectivity index (χ4n) is 2.42. The van der Waals surface area contributed by atoms with E-state index in [1.165, 1.54) is 18.2 Å². The number of anilines is 1. The van der Waals surface area contributed by atoms with Crippen LogP contribution in [0, 0.1) is 18.7 Å². The summed E-state index contributed by atoms with van der Waals surface area (Å²) in [4.78, 5) is 36.9. The van der Waals surface area contributed by atoms with Gasteiger partial charge in [0.1, 0.15) is 18.4 Å². The Balaban J connectivity index is 2.01. The van der Waals surface area contributed by atoms with Crippen LogP contribution in [0.3, 0.4) is 0 Å². The molecule has 1 fully saturated rings. The minimum absolute atomic E-state index is 0.243. The topological polar surface area (TPSA) is 78.5 Å². The molecule has 0 spiro atoms. The zero-order valence-corrected chi connectivity index (χ0v) is 13.4. The molecule has 2 rings (SSSR count). The van der Waals surface area contributed by atoms with Gasteiger partial charge in [-0.2, -0.15) is 0 Å². The van der Waals surface area contributed by atoms with Crippen LogP contribution in [0.5, 0.6) is 0 Å². The van der Waals surface area contributed by atoms with Gasteiger partial charge in [-0.3, -0.25) is 14.5 Å². The maximum atomic E-state index is 13.2. The zero-order chi connectivity index (χ0) is 17.1. The number of carbonyl (C=O) groups excluding carboxylic acids is 3. The number of urea groups is 1. The average Bonchev–Trinajstić information content (AvgIpc) is 2.70. The molecule has 23 heavy (non-hydrogen) atoms. The second-order valence-electron chi connectivity index (χ2n) is 6.06. The molecule has 7 heteroatoms. The molecule has 1 aliphatic heterocycles. The number of benzene rings is 1. The van der Waals surface area contributed by atoms with Crippen molar-refractivity contribution >= 4 is 23.5 Å². The molecule has 0 radical (unpaired) electrons.